The standard InChI is InChI=1S/C23H15NO5/c25-21(16-11-13-19(14-12-16)24(28)29)15-20(22(26)17-7-3-1-4-8-17)23(27)18-9-5-2-6-10-18/h1-15H. The molecule has 6 heteroatoms. The van der Waals surface area contributed by atoms with E-state index in [1.807, 2.05) is 0 Å². The predicted octanol–water partition coefficient (Wildman–Crippen LogP) is 4.47. The molecule has 0 aliphatic heterocycles. The Labute approximate surface area is 166 Å². The third-order valence-corrected chi connectivity index (χ3v) is 4.20. The van der Waals surface area contributed by atoms with Crippen molar-refractivity contribution in [2.24, 2.45) is 0 Å². The molecule has 3 rings (SSSR count). The van der Waals surface area contributed by atoms with Crippen LogP contribution < -0.4 is 0 Å². The van der Waals surface area contributed by atoms with Crippen LogP contribution in [0.5, 0.6) is 0 Å². The van der Waals surface area contributed by atoms with Crippen molar-refractivity contribution in [2.45, 2.75) is 0 Å². The van der Waals surface area contributed by atoms with E-state index in [4.69, 9.17) is 0 Å². The fraction of sp³-hybridized carbons (Fsp3) is 0. The number of Topliss-reactive ketones (excluding diaryl/α,β-unsaturated/α-hetero) is 2. The lowest BCUT2D eigenvalue weighted by Crippen LogP contribution is -2.15. The Morgan fingerprint density at radius 3 is 1.52 bits per heavy atom. The van der Waals surface area contributed by atoms with Crippen LogP contribution in [0.2, 0.25) is 0 Å². The number of benzene rings is 3. The van der Waals surface area contributed by atoms with Crippen molar-refractivity contribution in [1.29, 1.82) is 0 Å². The van der Waals surface area contributed by atoms with Crippen LogP contribution in [0.25, 0.3) is 0 Å². The van der Waals surface area contributed by atoms with Crippen molar-refractivity contribution in [1.82, 2.24) is 0 Å². The first-order valence-electron chi connectivity index (χ1n) is 8.67. The molecule has 0 aliphatic carbocycles. The van der Waals surface area contributed by atoms with Gasteiger partial charge >= 0.3 is 0 Å². The average molecular weight is 385 g/mol. The topological polar surface area (TPSA) is 94.3 Å². The summed E-state index contributed by atoms with van der Waals surface area (Å²) in [5.74, 6) is -1.74. The van der Waals surface area contributed by atoms with E-state index in [-0.39, 0.29) is 28.0 Å². The summed E-state index contributed by atoms with van der Waals surface area (Å²) in [5.41, 5.74) is 0.256. The summed E-state index contributed by atoms with van der Waals surface area (Å²) < 4.78 is 0. The van der Waals surface area contributed by atoms with Gasteiger partial charge in [-0.15, -0.1) is 0 Å². The Hall–Kier alpha value is -4.19. The zero-order chi connectivity index (χ0) is 20.8. The molecule has 0 radical (unpaired) electrons. The number of allylic oxidation sites excluding steroid dienone is 2. The van der Waals surface area contributed by atoms with Gasteiger partial charge in [0, 0.05) is 34.9 Å². The van der Waals surface area contributed by atoms with Crippen molar-refractivity contribution < 1.29 is 19.3 Å². The first kappa shape index (κ1) is 19.6. The molecule has 0 aliphatic rings. The van der Waals surface area contributed by atoms with E-state index in [1.165, 1.54) is 24.3 Å². The minimum atomic E-state index is -0.594. The number of nitrogens with zero attached hydrogens (tertiary/aromatic N) is 1. The fourth-order valence-electron chi connectivity index (χ4n) is 2.69. The maximum absolute atomic E-state index is 12.9. The fourth-order valence-corrected chi connectivity index (χ4v) is 2.69. The molecule has 0 atom stereocenters. The van der Waals surface area contributed by atoms with Gasteiger partial charge in [0.2, 0.25) is 0 Å². The molecule has 0 spiro atoms. The molecule has 0 amide bonds. The van der Waals surface area contributed by atoms with E-state index >= 15 is 0 Å². The minimum absolute atomic E-state index is 0.134. The third kappa shape index (κ3) is 4.56. The molecular formula is C23H15NO5. The molecule has 0 N–H and O–H groups in total. The molecule has 142 valence electrons. The molecular weight excluding hydrogens is 370 g/mol. The summed E-state index contributed by atoms with van der Waals surface area (Å²) >= 11 is 0. The maximum Gasteiger partial charge on any atom is 0.269 e. The third-order valence-electron chi connectivity index (χ3n) is 4.20. The number of carbonyl (C=O) groups is 3. The average Bonchev–Trinajstić information content (AvgIpc) is 2.77. The Bertz CT molecular complexity index is 1050. The van der Waals surface area contributed by atoms with E-state index in [9.17, 15) is 24.5 Å². The van der Waals surface area contributed by atoms with Crippen LogP contribution in [-0.4, -0.2) is 22.3 Å². The molecule has 0 heterocycles. The highest BCUT2D eigenvalue weighted by atomic mass is 16.6. The van der Waals surface area contributed by atoms with Crippen LogP contribution in [0.1, 0.15) is 31.1 Å². The quantitative estimate of drug-likeness (QED) is 0.149. The number of rotatable bonds is 7. The van der Waals surface area contributed by atoms with Gasteiger partial charge in [0.15, 0.2) is 17.3 Å². The van der Waals surface area contributed by atoms with Gasteiger partial charge in [-0.2, -0.15) is 0 Å². The van der Waals surface area contributed by atoms with Gasteiger partial charge in [-0.05, 0) is 12.1 Å². The van der Waals surface area contributed by atoms with Crippen LogP contribution in [0.3, 0.4) is 0 Å². The maximum atomic E-state index is 12.9. The molecule has 0 saturated carbocycles. The van der Waals surface area contributed by atoms with Crippen LogP contribution in [0.4, 0.5) is 5.69 Å². The van der Waals surface area contributed by atoms with Crippen molar-refractivity contribution in [3.63, 3.8) is 0 Å². The Balaban J connectivity index is 2.02. The van der Waals surface area contributed by atoms with E-state index in [0.29, 0.717) is 0 Å². The summed E-state index contributed by atoms with van der Waals surface area (Å²) in [6, 6.07) is 21.3. The molecule has 3 aromatic carbocycles. The summed E-state index contributed by atoms with van der Waals surface area (Å²) in [7, 11) is 0. The SMILES string of the molecule is O=C(C=C(C(=O)c1ccccc1)C(=O)c1ccccc1)c1ccc([N+](=O)[O-])cc1. The van der Waals surface area contributed by atoms with E-state index < -0.39 is 22.3 Å². The summed E-state index contributed by atoms with van der Waals surface area (Å²) in [5, 5.41) is 10.8. The van der Waals surface area contributed by atoms with Gasteiger partial charge in [-0.1, -0.05) is 60.7 Å². The first-order chi connectivity index (χ1) is 14.0. The number of nitro groups is 1. The molecule has 0 bridgehead atoms. The minimum Gasteiger partial charge on any atom is -0.289 e. The smallest absolute Gasteiger partial charge is 0.269 e. The van der Waals surface area contributed by atoms with Gasteiger partial charge in [-0.25, -0.2) is 0 Å². The van der Waals surface area contributed by atoms with E-state index in [1.54, 1.807) is 60.7 Å². The largest absolute Gasteiger partial charge is 0.289 e. The zero-order valence-electron chi connectivity index (χ0n) is 15.1. The summed E-state index contributed by atoms with van der Waals surface area (Å²) in [6.45, 7) is 0. The van der Waals surface area contributed by atoms with Gasteiger partial charge < -0.3 is 0 Å². The van der Waals surface area contributed by atoms with Gasteiger partial charge in [0.05, 0.1) is 10.5 Å². The molecule has 0 saturated heterocycles. The lowest BCUT2D eigenvalue weighted by molar-refractivity contribution is -0.384. The van der Waals surface area contributed by atoms with Crippen LogP contribution in [0.15, 0.2) is 96.6 Å². The van der Waals surface area contributed by atoms with Crippen LogP contribution in [0, 0.1) is 10.1 Å². The Morgan fingerprint density at radius 2 is 1.10 bits per heavy atom. The summed E-state index contributed by atoms with van der Waals surface area (Å²) in [4.78, 5) is 48.7. The number of hydrogen-bond donors (Lipinski definition) is 0. The highest BCUT2D eigenvalue weighted by Gasteiger charge is 2.23. The second-order valence-corrected chi connectivity index (χ2v) is 6.12. The number of non-ortho nitro benzene ring substituents is 1. The van der Waals surface area contributed by atoms with Crippen molar-refractivity contribution in [2.75, 3.05) is 0 Å². The van der Waals surface area contributed by atoms with Gasteiger partial charge in [0.25, 0.3) is 5.69 Å². The second-order valence-electron chi connectivity index (χ2n) is 6.12. The molecule has 0 aromatic heterocycles. The van der Waals surface area contributed by atoms with Crippen molar-refractivity contribution in [3.05, 3.63) is 123 Å². The van der Waals surface area contributed by atoms with Crippen molar-refractivity contribution in [3.8, 4) is 0 Å². The monoisotopic (exact) mass is 385 g/mol. The second kappa shape index (κ2) is 8.67. The van der Waals surface area contributed by atoms with E-state index in [0.717, 1.165) is 6.08 Å². The predicted molar refractivity (Wildman–Crippen MR) is 107 cm³/mol. The van der Waals surface area contributed by atoms with Crippen molar-refractivity contribution >= 4 is 23.0 Å². The normalized spacial score (nSPS) is 10.1. The van der Waals surface area contributed by atoms with Gasteiger partial charge in [0.1, 0.15) is 0 Å². The zero-order valence-corrected chi connectivity index (χ0v) is 15.1. The lowest BCUT2D eigenvalue weighted by Gasteiger charge is -2.07. The first-order valence-corrected chi connectivity index (χ1v) is 8.67. The number of nitro benzene ring substituents is 1. The highest BCUT2D eigenvalue weighted by molar-refractivity contribution is 6.33. The molecule has 0 unspecified atom stereocenters. The Morgan fingerprint density at radius 1 is 0.655 bits per heavy atom. The molecule has 6 nitrogen and oxygen atoms in total. The lowest BCUT2D eigenvalue weighted by atomic mass is 9.93. The number of ketones is 3. The number of carbonyl (C=O) groups excluding carboxylic acids is 3. The summed E-state index contributed by atoms with van der Waals surface area (Å²) in [6.07, 6.45) is 0.992. The Kier molecular flexibility index (Phi) is 5.85. The number of hydrogen-bond acceptors (Lipinski definition) is 5. The molecule has 3 aromatic rings. The highest BCUT2D eigenvalue weighted by Crippen LogP contribution is 2.18. The van der Waals surface area contributed by atoms with Crippen LogP contribution in [-0.2, 0) is 0 Å². The molecule has 29 heavy (non-hydrogen) atoms. The van der Waals surface area contributed by atoms with Gasteiger partial charge in [-0.3, -0.25) is 24.5 Å². The molecule has 0 fully saturated rings. The van der Waals surface area contributed by atoms with Crippen LogP contribution >= 0.6 is 0 Å². The van der Waals surface area contributed by atoms with E-state index in [2.05, 4.69) is 0 Å².